The first kappa shape index (κ1) is 19.3. The van der Waals surface area contributed by atoms with Crippen LogP contribution in [0.1, 0.15) is 38.3 Å². The Morgan fingerprint density at radius 1 is 1.08 bits per heavy atom. The number of rotatable bonds is 8. The summed E-state index contributed by atoms with van der Waals surface area (Å²) >= 11 is 1.67. The van der Waals surface area contributed by atoms with Crippen molar-refractivity contribution in [3.05, 3.63) is 48.0 Å². The van der Waals surface area contributed by atoms with Crippen molar-refractivity contribution in [1.29, 1.82) is 0 Å². The molecule has 2 N–H and O–H groups in total. The van der Waals surface area contributed by atoms with Crippen LogP contribution in [0.5, 0.6) is 0 Å². The zero-order valence-corrected chi connectivity index (χ0v) is 15.9. The molecule has 0 unspecified atom stereocenters. The van der Waals surface area contributed by atoms with Crippen molar-refractivity contribution in [1.82, 2.24) is 10.6 Å². The van der Waals surface area contributed by atoms with Crippen molar-refractivity contribution in [3.63, 3.8) is 0 Å². The van der Waals surface area contributed by atoms with E-state index in [2.05, 4.69) is 34.9 Å². The van der Waals surface area contributed by atoms with Crippen LogP contribution in [0.4, 0.5) is 0 Å². The number of nitrogens with one attached hydrogen (secondary N) is 2. The summed E-state index contributed by atoms with van der Waals surface area (Å²) in [6.07, 6.45) is 3.00. The Hall–Kier alpha value is -2.01. The third-order valence-corrected chi connectivity index (χ3v) is 4.86. The maximum absolute atomic E-state index is 12.6. The number of carbonyl (C=O) groups excluding carboxylic acids is 2. The van der Waals surface area contributed by atoms with E-state index in [1.54, 1.807) is 18.7 Å². The van der Waals surface area contributed by atoms with Crippen LogP contribution < -0.4 is 10.6 Å². The predicted octanol–water partition coefficient (Wildman–Crippen LogP) is 3.66. The summed E-state index contributed by atoms with van der Waals surface area (Å²) in [5, 5.41) is 8.19. The van der Waals surface area contributed by atoms with Gasteiger partial charge in [0.25, 0.3) is 0 Å². The Balaban J connectivity index is 2.07. The zero-order valence-electron chi connectivity index (χ0n) is 15.0. The third kappa shape index (κ3) is 5.49. The number of hydrogen-bond donors (Lipinski definition) is 2. The summed E-state index contributed by atoms with van der Waals surface area (Å²) in [5.74, 6) is 0.600. The van der Waals surface area contributed by atoms with Crippen LogP contribution in [0, 0.1) is 0 Å². The SMILES string of the molecule is CCC(=O)N[C@@H](CCSC)C(=O)N[C@H](C)c1ccc2ccccc2c1. The van der Waals surface area contributed by atoms with Gasteiger partial charge in [0.1, 0.15) is 6.04 Å². The molecule has 0 saturated heterocycles. The van der Waals surface area contributed by atoms with Gasteiger partial charge in [0.2, 0.25) is 11.8 Å². The zero-order chi connectivity index (χ0) is 18.2. The summed E-state index contributed by atoms with van der Waals surface area (Å²) in [4.78, 5) is 24.3. The van der Waals surface area contributed by atoms with E-state index in [0.717, 1.165) is 16.7 Å². The molecule has 0 bridgehead atoms. The maximum Gasteiger partial charge on any atom is 0.243 e. The monoisotopic (exact) mass is 358 g/mol. The van der Waals surface area contributed by atoms with Gasteiger partial charge in [0, 0.05) is 6.42 Å². The summed E-state index contributed by atoms with van der Waals surface area (Å²) in [7, 11) is 0. The van der Waals surface area contributed by atoms with Crippen molar-refractivity contribution >= 4 is 34.3 Å². The Morgan fingerprint density at radius 2 is 1.80 bits per heavy atom. The molecule has 5 heteroatoms. The van der Waals surface area contributed by atoms with E-state index in [1.165, 1.54) is 5.39 Å². The highest BCUT2D eigenvalue weighted by atomic mass is 32.2. The van der Waals surface area contributed by atoms with Gasteiger partial charge in [-0.2, -0.15) is 11.8 Å². The number of thioether (sulfide) groups is 1. The van der Waals surface area contributed by atoms with Crippen LogP contribution in [0.25, 0.3) is 10.8 Å². The fraction of sp³-hybridized carbons (Fsp3) is 0.400. The first-order chi connectivity index (χ1) is 12.0. The number of fused-ring (bicyclic) bond motifs is 1. The topological polar surface area (TPSA) is 58.2 Å². The number of hydrogen-bond acceptors (Lipinski definition) is 3. The number of carbonyl (C=O) groups is 2. The van der Waals surface area contributed by atoms with Gasteiger partial charge in [0.15, 0.2) is 0 Å². The highest BCUT2D eigenvalue weighted by Crippen LogP contribution is 2.20. The smallest absolute Gasteiger partial charge is 0.243 e. The molecule has 0 spiro atoms. The highest BCUT2D eigenvalue weighted by molar-refractivity contribution is 7.98. The molecule has 0 aromatic heterocycles. The summed E-state index contributed by atoms with van der Waals surface area (Å²) in [6, 6.07) is 13.8. The molecule has 0 fully saturated rings. The molecule has 2 aromatic rings. The second kappa shape index (κ2) is 9.47. The normalized spacial score (nSPS) is 13.2. The van der Waals surface area contributed by atoms with Gasteiger partial charge < -0.3 is 10.6 Å². The van der Waals surface area contributed by atoms with Crippen LogP contribution in [-0.4, -0.2) is 29.9 Å². The van der Waals surface area contributed by atoms with E-state index in [0.29, 0.717) is 12.8 Å². The second-order valence-electron chi connectivity index (χ2n) is 6.09. The Kier molecular flexibility index (Phi) is 7.31. The van der Waals surface area contributed by atoms with E-state index >= 15 is 0 Å². The molecule has 0 aliphatic rings. The van der Waals surface area contributed by atoms with E-state index in [1.807, 2.05) is 31.4 Å². The maximum atomic E-state index is 12.6. The first-order valence-electron chi connectivity index (χ1n) is 8.62. The van der Waals surface area contributed by atoms with E-state index in [4.69, 9.17) is 0 Å². The molecule has 0 aliphatic heterocycles. The molecule has 25 heavy (non-hydrogen) atoms. The lowest BCUT2D eigenvalue weighted by atomic mass is 10.0. The van der Waals surface area contributed by atoms with Crippen molar-refractivity contribution in [2.45, 2.75) is 38.8 Å². The molecule has 134 valence electrons. The van der Waals surface area contributed by atoms with Crippen LogP contribution in [0.2, 0.25) is 0 Å². The van der Waals surface area contributed by atoms with Crippen LogP contribution >= 0.6 is 11.8 Å². The Labute approximate surface area is 153 Å². The van der Waals surface area contributed by atoms with E-state index < -0.39 is 6.04 Å². The van der Waals surface area contributed by atoms with Crippen LogP contribution in [0.3, 0.4) is 0 Å². The molecule has 2 amide bonds. The summed E-state index contributed by atoms with van der Waals surface area (Å²) < 4.78 is 0. The molecule has 0 heterocycles. The Morgan fingerprint density at radius 3 is 2.48 bits per heavy atom. The molecular formula is C20H26N2O2S. The molecule has 0 radical (unpaired) electrons. The Bertz CT molecular complexity index is 732. The van der Waals surface area contributed by atoms with Crippen LogP contribution in [-0.2, 0) is 9.59 Å². The van der Waals surface area contributed by atoms with Gasteiger partial charge in [0.05, 0.1) is 6.04 Å². The largest absolute Gasteiger partial charge is 0.348 e. The van der Waals surface area contributed by atoms with E-state index in [-0.39, 0.29) is 17.9 Å². The van der Waals surface area contributed by atoms with Gasteiger partial charge in [-0.25, -0.2) is 0 Å². The minimum absolute atomic E-state index is 0.0976. The summed E-state index contributed by atoms with van der Waals surface area (Å²) in [5.41, 5.74) is 1.05. The molecule has 0 aliphatic carbocycles. The minimum atomic E-state index is -0.484. The third-order valence-electron chi connectivity index (χ3n) is 4.22. The second-order valence-corrected chi connectivity index (χ2v) is 7.08. The molecule has 0 saturated carbocycles. The molecule has 4 nitrogen and oxygen atoms in total. The molecule has 2 aromatic carbocycles. The lowest BCUT2D eigenvalue weighted by Crippen LogP contribution is -2.47. The fourth-order valence-electron chi connectivity index (χ4n) is 2.68. The molecule has 2 atom stereocenters. The van der Waals surface area contributed by atoms with Gasteiger partial charge in [-0.1, -0.05) is 43.3 Å². The van der Waals surface area contributed by atoms with Crippen molar-refractivity contribution in [3.8, 4) is 0 Å². The van der Waals surface area contributed by atoms with Gasteiger partial charge >= 0.3 is 0 Å². The van der Waals surface area contributed by atoms with Crippen molar-refractivity contribution in [2.24, 2.45) is 0 Å². The lowest BCUT2D eigenvalue weighted by molar-refractivity contribution is -0.129. The minimum Gasteiger partial charge on any atom is -0.348 e. The van der Waals surface area contributed by atoms with Crippen molar-refractivity contribution in [2.75, 3.05) is 12.0 Å². The molecular weight excluding hydrogens is 332 g/mol. The highest BCUT2D eigenvalue weighted by Gasteiger charge is 2.21. The lowest BCUT2D eigenvalue weighted by Gasteiger charge is -2.21. The number of amides is 2. The molecule has 2 rings (SSSR count). The first-order valence-corrected chi connectivity index (χ1v) is 10.0. The quantitative estimate of drug-likeness (QED) is 0.757. The van der Waals surface area contributed by atoms with Gasteiger partial charge in [-0.05, 0) is 47.8 Å². The van der Waals surface area contributed by atoms with Gasteiger partial charge in [-0.15, -0.1) is 0 Å². The van der Waals surface area contributed by atoms with E-state index in [9.17, 15) is 9.59 Å². The van der Waals surface area contributed by atoms with Gasteiger partial charge in [-0.3, -0.25) is 9.59 Å². The average molecular weight is 359 g/mol. The average Bonchev–Trinajstić information content (AvgIpc) is 2.64. The standard InChI is InChI=1S/C20H26N2O2S/c1-4-19(23)22-18(11-12-25-3)20(24)21-14(2)16-10-9-15-7-5-6-8-17(15)13-16/h5-10,13-14,18H,4,11-12H2,1-3H3,(H,21,24)(H,22,23)/t14-,18+/m1/s1. The predicted molar refractivity (Wildman–Crippen MR) is 106 cm³/mol. The summed E-state index contributed by atoms with van der Waals surface area (Å²) in [6.45, 7) is 3.76. The fourth-order valence-corrected chi connectivity index (χ4v) is 3.15. The number of benzene rings is 2. The van der Waals surface area contributed by atoms with Crippen molar-refractivity contribution < 1.29 is 9.59 Å². The van der Waals surface area contributed by atoms with Crippen LogP contribution in [0.15, 0.2) is 42.5 Å².